The molecule has 0 aliphatic carbocycles. The Hall–Kier alpha value is -1.55. The lowest BCUT2D eigenvalue weighted by Crippen LogP contribution is -2.43. The highest BCUT2D eigenvalue weighted by Gasteiger charge is 2.21. The molecule has 0 saturated carbocycles. The number of nitrogens with one attached hydrogen (secondary N) is 1. The predicted octanol–water partition coefficient (Wildman–Crippen LogP) is 2.95. The Morgan fingerprint density at radius 2 is 2.00 bits per heavy atom. The molecule has 0 radical (unpaired) electrons. The monoisotopic (exact) mass is 293 g/mol. The number of esters is 1. The molecule has 1 N–H and O–H groups in total. The molecule has 0 aromatic heterocycles. The van der Waals surface area contributed by atoms with Crippen molar-refractivity contribution in [2.45, 2.75) is 51.6 Å². The van der Waals surface area contributed by atoms with Crippen molar-refractivity contribution in [3.63, 3.8) is 0 Å². The van der Waals surface area contributed by atoms with Gasteiger partial charge in [0.15, 0.2) is 0 Å². The molecule has 4 heteroatoms. The second-order valence-corrected chi connectivity index (χ2v) is 5.30. The van der Waals surface area contributed by atoms with Gasteiger partial charge in [0.1, 0.15) is 11.8 Å². The Morgan fingerprint density at radius 1 is 1.29 bits per heavy atom. The van der Waals surface area contributed by atoms with Crippen LogP contribution in [0.3, 0.4) is 0 Å². The second kappa shape index (κ2) is 9.40. The standard InChI is InChI=1S/C17H27NO3/c1-5-6-10-15(17(19)21-4)18-13(2)12-14-9-7-8-11-16(14)20-3/h7-9,11,13,15,18H,5-6,10,12H2,1-4H3/t13-,15+/m0/s1. The maximum atomic E-state index is 11.8. The van der Waals surface area contributed by atoms with E-state index in [1.165, 1.54) is 7.11 Å². The van der Waals surface area contributed by atoms with Crippen LogP contribution in [-0.2, 0) is 16.0 Å². The Labute approximate surface area is 127 Å². The number of carbonyl (C=O) groups is 1. The fraction of sp³-hybridized carbons (Fsp3) is 0.588. The lowest BCUT2D eigenvalue weighted by Gasteiger charge is -2.22. The number of ether oxygens (including phenoxy) is 2. The summed E-state index contributed by atoms with van der Waals surface area (Å²) in [5.74, 6) is 0.699. The van der Waals surface area contributed by atoms with Gasteiger partial charge in [0.2, 0.25) is 0 Å². The molecular weight excluding hydrogens is 266 g/mol. The average molecular weight is 293 g/mol. The maximum absolute atomic E-state index is 11.8. The first-order valence-electron chi connectivity index (χ1n) is 7.58. The average Bonchev–Trinajstić information content (AvgIpc) is 2.51. The van der Waals surface area contributed by atoms with E-state index >= 15 is 0 Å². The Morgan fingerprint density at radius 3 is 2.62 bits per heavy atom. The number of unbranched alkanes of at least 4 members (excludes halogenated alkanes) is 1. The summed E-state index contributed by atoms with van der Waals surface area (Å²) < 4.78 is 10.2. The van der Waals surface area contributed by atoms with Gasteiger partial charge in [-0.2, -0.15) is 0 Å². The molecule has 21 heavy (non-hydrogen) atoms. The summed E-state index contributed by atoms with van der Waals surface area (Å²) in [4.78, 5) is 11.8. The van der Waals surface area contributed by atoms with Crippen molar-refractivity contribution < 1.29 is 14.3 Å². The van der Waals surface area contributed by atoms with Crippen LogP contribution in [0.15, 0.2) is 24.3 Å². The smallest absolute Gasteiger partial charge is 0.322 e. The van der Waals surface area contributed by atoms with Crippen LogP contribution in [0, 0.1) is 0 Å². The largest absolute Gasteiger partial charge is 0.496 e. The summed E-state index contributed by atoms with van der Waals surface area (Å²) in [5, 5.41) is 3.37. The molecule has 1 rings (SSSR count). The number of methoxy groups -OCH3 is 2. The number of benzene rings is 1. The number of para-hydroxylation sites is 1. The number of hydrogen-bond donors (Lipinski definition) is 1. The lowest BCUT2D eigenvalue weighted by molar-refractivity contribution is -0.143. The van der Waals surface area contributed by atoms with E-state index in [1.807, 2.05) is 18.2 Å². The molecule has 0 aliphatic rings. The van der Waals surface area contributed by atoms with Crippen LogP contribution in [0.2, 0.25) is 0 Å². The number of carbonyl (C=O) groups excluding carboxylic acids is 1. The van der Waals surface area contributed by atoms with Gasteiger partial charge < -0.3 is 14.8 Å². The third-order valence-corrected chi connectivity index (χ3v) is 3.54. The lowest BCUT2D eigenvalue weighted by atomic mass is 10.0. The molecule has 4 nitrogen and oxygen atoms in total. The van der Waals surface area contributed by atoms with E-state index in [0.717, 1.165) is 37.0 Å². The zero-order valence-electron chi connectivity index (χ0n) is 13.5. The molecule has 0 saturated heterocycles. The van der Waals surface area contributed by atoms with Crippen LogP contribution in [-0.4, -0.2) is 32.3 Å². The van der Waals surface area contributed by atoms with E-state index in [2.05, 4.69) is 25.2 Å². The Bertz CT molecular complexity index is 434. The molecule has 2 atom stereocenters. The predicted molar refractivity (Wildman–Crippen MR) is 84.6 cm³/mol. The number of hydrogen-bond acceptors (Lipinski definition) is 4. The summed E-state index contributed by atoms with van der Waals surface area (Å²) in [5.41, 5.74) is 1.14. The topological polar surface area (TPSA) is 47.6 Å². The first-order valence-corrected chi connectivity index (χ1v) is 7.58. The van der Waals surface area contributed by atoms with Crippen molar-refractivity contribution >= 4 is 5.97 Å². The highest BCUT2D eigenvalue weighted by Crippen LogP contribution is 2.19. The van der Waals surface area contributed by atoms with Crippen molar-refractivity contribution in [2.75, 3.05) is 14.2 Å². The van der Waals surface area contributed by atoms with Gasteiger partial charge in [-0.3, -0.25) is 4.79 Å². The van der Waals surface area contributed by atoms with Crippen molar-refractivity contribution in [1.82, 2.24) is 5.32 Å². The van der Waals surface area contributed by atoms with E-state index in [1.54, 1.807) is 7.11 Å². The maximum Gasteiger partial charge on any atom is 0.322 e. The van der Waals surface area contributed by atoms with Crippen LogP contribution in [0.1, 0.15) is 38.7 Å². The van der Waals surface area contributed by atoms with Crippen LogP contribution >= 0.6 is 0 Å². The molecule has 0 heterocycles. The van der Waals surface area contributed by atoms with Gasteiger partial charge in [-0.15, -0.1) is 0 Å². The molecule has 0 spiro atoms. The highest BCUT2D eigenvalue weighted by molar-refractivity contribution is 5.75. The first-order chi connectivity index (χ1) is 10.1. The van der Waals surface area contributed by atoms with Crippen LogP contribution in [0.5, 0.6) is 5.75 Å². The minimum Gasteiger partial charge on any atom is -0.496 e. The molecule has 0 aliphatic heterocycles. The summed E-state index contributed by atoms with van der Waals surface area (Å²) in [6.45, 7) is 4.20. The van der Waals surface area contributed by atoms with Gasteiger partial charge in [-0.1, -0.05) is 38.0 Å². The van der Waals surface area contributed by atoms with Crippen LogP contribution in [0.4, 0.5) is 0 Å². The van der Waals surface area contributed by atoms with Gasteiger partial charge in [-0.05, 0) is 31.4 Å². The Balaban J connectivity index is 2.64. The van der Waals surface area contributed by atoms with E-state index in [-0.39, 0.29) is 18.1 Å². The zero-order chi connectivity index (χ0) is 15.7. The molecule has 118 valence electrons. The molecule has 1 aromatic rings. The van der Waals surface area contributed by atoms with Gasteiger partial charge in [0.25, 0.3) is 0 Å². The third kappa shape index (κ3) is 5.76. The number of rotatable bonds is 9. The van der Waals surface area contributed by atoms with Gasteiger partial charge >= 0.3 is 5.97 Å². The van der Waals surface area contributed by atoms with E-state index in [9.17, 15) is 4.79 Å². The molecule has 0 unspecified atom stereocenters. The minimum atomic E-state index is -0.236. The SMILES string of the molecule is CCCC[C@@H](N[C@@H](C)Cc1ccccc1OC)C(=O)OC. The molecular formula is C17H27NO3. The third-order valence-electron chi connectivity index (χ3n) is 3.54. The second-order valence-electron chi connectivity index (χ2n) is 5.30. The van der Waals surface area contributed by atoms with Crippen molar-refractivity contribution in [3.05, 3.63) is 29.8 Å². The zero-order valence-corrected chi connectivity index (χ0v) is 13.5. The van der Waals surface area contributed by atoms with Crippen molar-refractivity contribution in [2.24, 2.45) is 0 Å². The summed E-state index contributed by atoms with van der Waals surface area (Å²) in [7, 11) is 3.11. The van der Waals surface area contributed by atoms with Gasteiger partial charge in [-0.25, -0.2) is 0 Å². The molecule has 0 bridgehead atoms. The summed E-state index contributed by atoms with van der Waals surface area (Å²) >= 11 is 0. The Kier molecular flexibility index (Phi) is 7.83. The van der Waals surface area contributed by atoms with Crippen LogP contribution in [0.25, 0.3) is 0 Å². The highest BCUT2D eigenvalue weighted by atomic mass is 16.5. The van der Waals surface area contributed by atoms with E-state index < -0.39 is 0 Å². The fourth-order valence-corrected chi connectivity index (χ4v) is 2.42. The van der Waals surface area contributed by atoms with Crippen molar-refractivity contribution in [3.8, 4) is 5.75 Å². The van der Waals surface area contributed by atoms with Crippen molar-refractivity contribution in [1.29, 1.82) is 0 Å². The molecule has 0 amide bonds. The van der Waals surface area contributed by atoms with Gasteiger partial charge in [0.05, 0.1) is 14.2 Å². The van der Waals surface area contributed by atoms with Crippen LogP contribution < -0.4 is 10.1 Å². The van der Waals surface area contributed by atoms with Gasteiger partial charge in [0, 0.05) is 6.04 Å². The normalized spacial score (nSPS) is 13.5. The van der Waals surface area contributed by atoms with E-state index in [4.69, 9.17) is 9.47 Å². The summed E-state index contributed by atoms with van der Waals surface area (Å²) in [6, 6.07) is 7.90. The van der Waals surface area contributed by atoms with E-state index in [0.29, 0.717) is 0 Å². The molecule has 0 fully saturated rings. The molecule has 1 aromatic carbocycles. The quantitative estimate of drug-likeness (QED) is 0.711. The fourth-order valence-electron chi connectivity index (χ4n) is 2.42. The minimum absolute atomic E-state index is 0.169. The first kappa shape index (κ1) is 17.5. The summed E-state index contributed by atoms with van der Waals surface area (Å²) in [6.07, 6.45) is 3.69.